The van der Waals surface area contributed by atoms with Crippen molar-refractivity contribution in [1.82, 2.24) is 25.3 Å². The van der Waals surface area contributed by atoms with E-state index >= 15 is 0 Å². The van der Waals surface area contributed by atoms with E-state index in [4.69, 9.17) is 13.8 Å². The molecule has 118 valence electrons. The number of rotatable bonds is 4. The average Bonchev–Trinajstić information content (AvgIpc) is 3.32. The lowest BCUT2D eigenvalue weighted by molar-refractivity contribution is 0.383. The van der Waals surface area contributed by atoms with Crippen LogP contribution >= 0.6 is 0 Å². The fourth-order valence-corrected chi connectivity index (χ4v) is 2.18. The van der Waals surface area contributed by atoms with Gasteiger partial charge in [0.2, 0.25) is 11.6 Å². The Hall–Kier alpha value is -3.55. The van der Waals surface area contributed by atoms with Crippen molar-refractivity contribution < 1.29 is 13.8 Å². The molecule has 0 unspecified atom stereocenters. The number of hydrogen-bond donors (Lipinski definition) is 0. The predicted molar refractivity (Wildman–Crippen MR) is 82.8 cm³/mol. The van der Waals surface area contributed by atoms with E-state index in [1.54, 1.807) is 31.6 Å². The van der Waals surface area contributed by atoms with Gasteiger partial charge in [0.1, 0.15) is 5.75 Å². The zero-order chi connectivity index (χ0) is 16.4. The topological polar surface area (TPSA) is 100.0 Å². The highest BCUT2D eigenvalue weighted by atomic mass is 16.5. The Morgan fingerprint density at radius 1 is 0.833 bits per heavy atom. The first kappa shape index (κ1) is 14.1. The Morgan fingerprint density at radius 3 is 2.25 bits per heavy atom. The van der Waals surface area contributed by atoms with E-state index in [2.05, 4.69) is 25.3 Å². The molecule has 4 rings (SSSR count). The first-order chi connectivity index (χ1) is 11.8. The SMILES string of the molecule is COc1ccccc1-c1noc(-c2nc(-c3ccncc3)no2)n1. The van der Waals surface area contributed by atoms with Crippen LogP contribution < -0.4 is 4.74 Å². The Balaban J connectivity index is 1.67. The van der Waals surface area contributed by atoms with Crippen molar-refractivity contribution in [2.24, 2.45) is 0 Å². The van der Waals surface area contributed by atoms with E-state index in [1.807, 2.05) is 24.3 Å². The lowest BCUT2D eigenvalue weighted by atomic mass is 10.2. The maximum absolute atomic E-state index is 5.30. The van der Waals surface area contributed by atoms with Gasteiger partial charge in [-0.05, 0) is 24.3 Å². The highest BCUT2D eigenvalue weighted by molar-refractivity contribution is 5.65. The molecule has 3 aromatic heterocycles. The Labute approximate surface area is 136 Å². The number of ether oxygens (including phenoxy) is 1. The third-order valence-corrected chi connectivity index (χ3v) is 3.32. The molecule has 0 atom stereocenters. The van der Waals surface area contributed by atoms with E-state index in [0.717, 1.165) is 5.56 Å². The largest absolute Gasteiger partial charge is 0.496 e. The smallest absolute Gasteiger partial charge is 0.316 e. The molecule has 24 heavy (non-hydrogen) atoms. The van der Waals surface area contributed by atoms with Gasteiger partial charge in [-0.2, -0.15) is 9.97 Å². The molecule has 3 heterocycles. The van der Waals surface area contributed by atoms with Crippen molar-refractivity contribution in [2.45, 2.75) is 0 Å². The monoisotopic (exact) mass is 321 g/mol. The van der Waals surface area contributed by atoms with E-state index in [9.17, 15) is 0 Å². The van der Waals surface area contributed by atoms with Crippen LogP contribution in [-0.2, 0) is 0 Å². The maximum atomic E-state index is 5.30. The molecule has 8 heteroatoms. The number of para-hydroxylation sites is 1. The molecule has 0 amide bonds. The number of hydrogen-bond acceptors (Lipinski definition) is 8. The lowest BCUT2D eigenvalue weighted by Gasteiger charge is -2.02. The zero-order valence-corrected chi connectivity index (χ0v) is 12.6. The summed E-state index contributed by atoms with van der Waals surface area (Å²) in [7, 11) is 1.58. The molecule has 0 aliphatic rings. The average molecular weight is 321 g/mol. The molecule has 1 aromatic carbocycles. The van der Waals surface area contributed by atoms with Gasteiger partial charge in [0.15, 0.2) is 0 Å². The summed E-state index contributed by atoms with van der Waals surface area (Å²) in [5.41, 5.74) is 1.49. The summed E-state index contributed by atoms with van der Waals surface area (Å²) in [4.78, 5) is 12.5. The minimum atomic E-state index is 0.142. The summed E-state index contributed by atoms with van der Waals surface area (Å²) < 4.78 is 15.7. The maximum Gasteiger partial charge on any atom is 0.316 e. The fraction of sp³-hybridized carbons (Fsp3) is 0.0625. The Kier molecular flexibility index (Phi) is 3.47. The van der Waals surface area contributed by atoms with Crippen molar-refractivity contribution in [3.63, 3.8) is 0 Å². The van der Waals surface area contributed by atoms with E-state index < -0.39 is 0 Å². The highest BCUT2D eigenvalue weighted by Crippen LogP contribution is 2.29. The fourth-order valence-electron chi connectivity index (χ4n) is 2.18. The Bertz CT molecular complexity index is 965. The second kappa shape index (κ2) is 5.92. The minimum Gasteiger partial charge on any atom is -0.496 e. The van der Waals surface area contributed by atoms with Gasteiger partial charge in [0.05, 0.1) is 12.7 Å². The predicted octanol–water partition coefficient (Wildman–Crippen LogP) is 2.86. The minimum absolute atomic E-state index is 0.142. The molecule has 4 aromatic rings. The van der Waals surface area contributed by atoms with Crippen LogP contribution in [-0.4, -0.2) is 32.4 Å². The van der Waals surface area contributed by atoms with Crippen molar-refractivity contribution in [3.05, 3.63) is 48.8 Å². The van der Waals surface area contributed by atoms with Gasteiger partial charge < -0.3 is 13.8 Å². The molecule has 0 N–H and O–H groups in total. The van der Waals surface area contributed by atoms with Crippen LogP contribution in [0.4, 0.5) is 0 Å². The standard InChI is InChI=1S/C16H11N5O3/c1-22-12-5-3-2-4-11(12)14-19-16(24-21-14)15-18-13(20-23-15)10-6-8-17-9-7-10/h2-9H,1H3. The van der Waals surface area contributed by atoms with Gasteiger partial charge in [0, 0.05) is 18.0 Å². The summed E-state index contributed by atoms with van der Waals surface area (Å²) in [6, 6.07) is 10.9. The molecule has 8 nitrogen and oxygen atoms in total. The summed E-state index contributed by atoms with van der Waals surface area (Å²) in [5.74, 6) is 1.74. The number of methoxy groups -OCH3 is 1. The van der Waals surface area contributed by atoms with Crippen molar-refractivity contribution in [2.75, 3.05) is 7.11 Å². The molecule has 0 saturated heterocycles. The quantitative estimate of drug-likeness (QED) is 0.565. The molecule has 0 fully saturated rings. The molecule has 0 saturated carbocycles. The number of benzene rings is 1. The molecule has 0 bridgehead atoms. The summed E-state index contributed by atoms with van der Waals surface area (Å²) in [6.45, 7) is 0. The van der Waals surface area contributed by atoms with Crippen LogP contribution in [0, 0.1) is 0 Å². The van der Waals surface area contributed by atoms with Gasteiger partial charge in [-0.15, -0.1) is 0 Å². The van der Waals surface area contributed by atoms with Crippen molar-refractivity contribution in [3.8, 4) is 40.3 Å². The van der Waals surface area contributed by atoms with Gasteiger partial charge in [0.25, 0.3) is 0 Å². The van der Waals surface area contributed by atoms with E-state index in [1.165, 1.54) is 0 Å². The molecular formula is C16H11N5O3. The van der Waals surface area contributed by atoms with Gasteiger partial charge >= 0.3 is 11.8 Å². The van der Waals surface area contributed by atoms with Crippen LogP contribution in [0.25, 0.3) is 34.6 Å². The summed E-state index contributed by atoms with van der Waals surface area (Å²) >= 11 is 0. The van der Waals surface area contributed by atoms with Crippen LogP contribution in [0.15, 0.2) is 57.8 Å². The van der Waals surface area contributed by atoms with E-state index in [0.29, 0.717) is 23.0 Å². The van der Waals surface area contributed by atoms with E-state index in [-0.39, 0.29) is 11.8 Å². The second-order valence-electron chi connectivity index (χ2n) is 4.78. The first-order valence-electron chi connectivity index (χ1n) is 7.07. The van der Waals surface area contributed by atoms with Crippen molar-refractivity contribution in [1.29, 1.82) is 0 Å². The normalized spacial score (nSPS) is 10.7. The van der Waals surface area contributed by atoms with Gasteiger partial charge in [-0.3, -0.25) is 4.98 Å². The summed E-state index contributed by atoms with van der Waals surface area (Å²) in [6.07, 6.45) is 3.30. The summed E-state index contributed by atoms with van der Waals surface area (Å²) in [5, 5.41) is 7.86. The first-order valence-corrected chi connectivity index (χ1v) is 7.07. The van der Waals surface area contributed by atoms with Crippen LogP contribution in [0.1, 0.15) is 0 Å². The molecule has 0 radical (unpaired) electrons. The molecule has 0 aliphatic heterocycles. The number of aromatic nitrogens is 5. The van der Waals surface area contributed by atoms with Crippen LogP contribution in [0.3, 0.4) is 0 Å². The third kappa shape index (κ3) is 2.50. The zero-order valence-electron chi connectivity index (χ0n) is 12.6. The number of nitrogens with zero attached hydrogens (tertiary/aromatic N) is 5. The lowest BCUT2D eigenvalue weighted by Crippen LogP contribution is -1.88. The second-order valence-corrected chi connectivity index (χ2v) is 4.78. The molecular weight excluding hydrogens is 310 g/mol. The van der Waals surface area contributed by atoms with Gasteiger partial charge in [-0.1, -0.05) is 22.4 Å². The van der Waals surface area contributed by atoms with Crippen LogP contribution in [0.2, 0.25) is 0 Å². The van der Waals surface area contributed by atoms with Crippen LogP contribution in [0.5, 0.6) is 5.75 Å². The Morgan fingerprint density at radius 2 is 1.50 bits per heavy atom. The molecule has 0 spiro atoms. The molecule has 0 aliphatic carbocycles. The number of pyridine rings is 1. The van der Waals surface area contributed by atoms with Crippen molar-refractivity contribution >= 4 is 0 Å². The van der Waals surface area contributed by atoms with Gasteiger partial charge in [-0.25, -0.2) is 0 Å². The highest BCUT2D eigenvalue weighted by Gasteiger charge is 2.19. The third-order valence-electron chi connectivity index (χ3n) is 3.32.